The predicted molar refractivity (Wildman–Crippen MR) is 65.6 cm³/mol. The van der Waals surface area contributed by atoms with Crippen molar-refractivity contribution in [2.45, 2.75) is 40.0 Å². The number of amides is 1. The summed E-state index contributed by atoms with van der Waals surface area (Å²) in [7, 11) is 0. The van der Waals surface area contributed by atoms with Crippen LogP contribution in [0.2, 0.25) is 0 Å². The van der Waals surface area contributed by atoms with Gasteiger partial charge in [0.05, 0.1) is 5.92 Å². The van der Waals surface area contributed by atoms with Crippen LogP contribution < -0.4 is 0 Å². The van der Waals surface area contributed by atoms with E-state index in [4.69, 9.17) is 5.11 Å². The van der Waals surface area contributed by atoms with E-state index in [0.717, 1.165) is 19.3 Å². The third-order valence-corrected chi connectivity index (χ3v) is 3.13. The van der Waals surface area contributed by atoms with Crippen molar-refractivity contribution >= 4 is 11.9 Å². The number of rotatable bonds is 7. The summed E-state index contributed by atoms with van der Waals surface area (Å²) in [5.74, 6) is -0.459. The van der Waals surface area contributed by atoms with E-state index < -0.39 is 11.9 Å². The first kappa shape index (κ1) is 14.0. The fourth-order valence-electron chi connectivity index (χ4n) is 1.70. The molecule has 0 saturated heterocycles. The van der Waals surface area contributed by atoms with E-state index in [2.05, 4.69) is 13.8 Å². The molecule has 4 heteroatoms. The summed E-state index contributed by atoms with van der Waals surface area (Å²) in [5, 5.41) is 8.91. The Morgan fingerprint density at radius 2 is 1.88 bits per heavy atom. The maximum atomic E-state index is 12.0. The number of hydrogen-bond acceptors (Lipinski definition) is 2. The third-order valence-electron chi connectivity index (χ3n) is 3.13. The van der Waals surface area contributed by atoms with E-state index in [1.807, 2.05) is 0 Å². The molecule has 0 bridgehead atoms. The second-order valence-corrected chi connectivity index (χ2v) is 5.48. The van der Waals surface area contributed by atoms with E-state index in [-0.39, 0.29) is 11.8 Å². The quantitative estimate of drug-likeness (QED) is 0.741. The molecule has 0 aliphatic heterocycles. The maximum absolute atomic E-state index is 12.0. The standard InChI is InChI=1S/C13H23NO3/c1-9(2)6-7-14(8-10(3)13(16)17)12(15)11-4-5-11/h9-11H,4-8H2,1-3H3,(H,16,17). The second kappa shape index (κ2) is 6.03. The first-order chi connectivity index (χ1) is 7.91. The molecule has 1 saturated carbocycles. The Morgan fingerprint density at radius 3 is 2.29 bits per heavy atom. The molecule has 1 aliphatic rings. The highest BCUT2D eigenvalue weighted by atomic mass is 16.4. The van der Waals surface area contributed by atoms with Crippen LogP contribution in [-0.2, 0) is 9.59 Å². The van der Waals surface area contributed by atoms with Crippen molar-refractivity contribution < 1.29 is 14.7 Å². The molecule has 98 valence electrons. The first-order valence-corrected chi connectivity index (χ1v) is 6.43. The minimum Gasteiger partial charge on any atom is -0.481 e. The van der Waals surface area contributed by atoms with Gasteiger partial charge in [-0.25, -0.2) is 0 Å². The molecule has 0 heterocycles. The molecule has 0 aromatic rings. The zero-order chi connectivity index (χ0) is 13.0. The number of carbonyl (C=O) groups is 2. The van der Waals surface area contributed by atoms with Crippen LogP contribution in [0, 0.1) is 17.8 Å². The van der Waals surface area contributed by atoms with Crippen molar-refractivity contribution in [3.05, 3.63) is 0 Å². The Balaban J connectivity index is 2.51. The van der Waals surface area contributed by atoms with Gasteiger partial charge in [-0.15, -0.1) is 0 Å². The van der Waals surface area contributed by atoms with E-state index >= 15 is 0 Å². The summed E-state index contributed by atoms with van der Waals surface area (Å²) in [6, 6.07) is 0. The Morgan fingerprint density at radius 1 is 1.29 bits per heavy atom. The number of aliphatic carboxylic acids is 1. The average molecular weight is 241 g/mol. The predicted octanol–water partition coefficient (Wildman–Crippen LogP) is 1.99. The van der Waals surface area contributed by atoms with Gasteiger partial charge in [-0.1, -0.05) is 20.8 Å². The highest BCUT2D eigenvalue weighted by Gasteiger charge is 2.34. The molecule has 1 N–H and O–H groups in total. The molecule has 0 radical (unpaired) electrons. The minimum absolute atomic E-state index is 0.152. The highest BCUT2D eigenvalue weighted by molar-refractivity contribution is 5.81. The van der Waals surface area contributed by atoms with Gasteiger partial charge in [-0.2, -0.15) is 0 Å². The zero-order valence-corrected chi connectivity index (χ0v) is 11.0. The lowest BCUT2D eigenvalue weighted by Gasteiger charge is -2.25. The van der Waals surface area contributed by atoms with Gasteiger partial charge in [0.15, 0.2) is 0 Å². The number of nitrogens with zero attached hydrogens (tertiary/aromatic N) is 1. The Kier molecular flexibility index (Phi) is 4.97. The number of carboxylic acids is 1. The van der Waals surface area contributed by atoms with Gasteiger partial charge in [0.25, 0.3) is 0 Å². The second-order valence-electron chi connectivity index (χ2n) is 5.48. The van der Waals surface area contributed by atoms with Gasteiger partial charge in [0.1, 0.15) is 0 Å². The summed E-state index contributed by atoms with van der Waals surface area (Å²) in [6.45, 7) is 6.91. The molecule has 1 unspecified atom stereocenters. The SMILES string of the molecule is CC(C)CCN(CC(C)C(=O)O)C(=O)C1CC1. The molecule has 0 aromatic heterocycles. The molecule has 1 aliphatic carbocycles. The van der Waals surface area contributed by atoms with Gasteiger partial charge < -0.3 is 10.0 Å². The van der Waals surface area contributed by atoms with Crippen LogP contribution in [0.5, 0.6) is 0 Å². The van der Waals surface area contributed by atoms with Crippen LogP contribution in [0.1, 0.15) is 40.0 Å². The molecule has 0 spiro atoms. The molecule has 1 fully saturated rings. The largest absolute Gasteiger partial charge is 0.481 e. The topological polar surface area (TPSA) is 57.6 Å². The van der Waals surface area contributed by atoms with E-state index in [0.29, 0.717) is 19.0 Å². The third kappa shape index (κ3) is 4.75. The Labute approximate surface area is 103 Å². The summed E-state index contributed by atoms with van der Waals surface area (Å²) in [4.78, 5) is 24.6. The van der Waals surface area contributed by atoms with Crippen molar-refractivity contribution in [3.8, 4) is 0 Å². The normalized spacial score (nSPS) is 16.9. The van der Waals surface area contributed by atoms with Gasteiger partial charge in [0, 0.05) is 19.0 Å². The van der Waals surface area contributed by atoms with E-state index in [1.54, 1.807) is 11.8 Å². The molecular formula is C13H23NO3. The molecule has 1 amide bonds. The summed E-state index contributed by atoms with van der Waals surface area (Å²) in [5.41, 5.74) is 0. The van der Waals surface area contributed by atoms with Crippen LogP contribution in [0.15, 0.2) is 0 Å². The van der Waals surface area contributed by atoms with Crippen LogP contribution in [0.4, 0.5) is 0 Å². The summed E-state index contributed by atoms with van der Waals surface area (Å²) >= 11 is 0. The lowest BCUT2D eigenvalue weighted by atomic mass is 10.1. The van der Waals surface area contributed by atoms with Crippen LogP contribution in [0.25, 0.3) is 0 Å². The number of carboxylic acid groups (broad SMARTS) is 1. The van der Waals surface area contributed by atoms with Crippen LogP contribution >= 0.6 is 0 Å². The van der Waals surface area contributed by atoms with Crippen LogP contribution in [-0.4, -0.2) is 35.0 Å². The molecule has 4 nitrogen and oxygen atoms in total. The number of carbonyl (C=O) groups excluding carboxylic acids is 1. The Hall–Kier alpha value is -1.06. The molecule has 0 aromatic carbocycles. The van der Waals surface area contributed by atoms with Gasteiger partial charge in [-0.05, 0) is 25.2 Å². The van der Waals surface area contributed by atoms with Crippen molar-refractivity contribution in [2.24, 2.45) is 17.8 Å². The molecule has 1 rings (SSSR count). The van der Waals surface area contributed by atoms with Gasteiger partial charge >= 0.3 is 5.97 Å². The minimum atomic E-state index is -0.830. The highest BCUT2D eigenvalue weighted by Crippen LogP contribution is 2.31. The molecule has 17 heavy (non-hydrogen) atoms. The Bertz CT molecular complexity index is 284. The fourth-order valence-corrected chi connectivity index (χ4v) is 1.70. The first-order valence-electron chi connectivity index (χ1n) is 6.43. The maximum Gasteiger partial charge on any atom is 0.308 e. The van der Waals surface area contributed by atoms with Crippen LogP contribution in [0.3, 0.4) is 0 Å². The summed E-state index contributed by atoms with van der Waals surface area (Å²) < 4.78 is 0. The van der Waals surface area contributed by atoms with Crippen molar-refractivity contribution in [1.82, 2.24) is 4.90 Å². The van der Waals surface area contributed by atoms with Gasteiger partial charge in [0.2, 0.25) is 5.91 Å². The van der Waals surface area contributed by atoms with Gasteiger partial charge in [-0.3, -0.25) is 9.59 Å². The van der Waals surface area contributed by atoms with Crippen molar-refractivity contribution in [3.63, 3.8) is 0 Å². The lowest BCUT2D eigenvalue weighted by Crippen LogP contribution is -2.38. The monoisotopic (exact) mass is 241 g/mol. The van der Waals surface area contributed by atoms with E-state index in [9.17, 15) is 9.59 Å². The average Bonchev–Trinajstić information content (AvgIpc) is 3.05. The van der Waals surface area contributed by atoms with Crippen molar-refractivity contribution in [1.29, 1.82) is 0 Å². The zero-order valence-electron chi connectivity index (χ0n) is 11.0. The summed E-state index contributed by atoms with van der Waals surface area (Å²) in [6.07, 6.45) is 2.88. The molecule has 1 atom stereocenters. The number of hydrogen-bond donors (Lipinski definition) is 1. The van der Waals surface area contributed by atoms with E-state index in [1.165, 1.54) is 0 Å². The fraction of sp³-hybridized carbons (Fsp3) is 0.846. The molecular weight excluding hydrogens is 218 g/mol. The lowest BCUT2D eigenvalue weighted by molar-refractivity contribution is -0.143. The van der Waals surface area contributed by atoms with Crippen molar-refractivity contribution in [2.75, 3.05) is 13.1 Å². The smallest absolute Gasteiger partial charge is 0.308 e.